The van der Waals surface area contributed by atoms with Gasteiger partial charge in [-0.25, -0.2) is 0 Å². The van der Waals surface area contributed by atoms with Crippen LogP contribution in [0, 0.1) is 6.92 Å². The van der Waals surface area contributed by atoms with Gasteiger partial charge in [-0.3, -0.25) is 9.36 Å². The lowest BCUT2D eigenvalue weighted by Crippen LogP contribution is -2.25. The molecule has 1 atom stereocenters. The average Bonchev–Trinajstić information content (AvgIpc) is 2.81. The summed E-state index contributed by atoms with van der Waals surface area (Å²) in [5, 5.41) is 11.2. The van der Waals surface area contributed by atoms with Crippen LogP contribution in [0.25, 0.3) is 0 Å². The monoisotopic (exact) mass is 291 g/mol. The van der Waals surface area contributed by atoms with E-state index < -0.39 is 6.04 Å². The number of thioether (sulfide) groups is 1. The van der Waals surface area contributed by atoms with Crippen molar-refractivity contribution in [3.05, 3.63) is 29.8 Å². The minimum atomic E-state index is -0.478. The Balaban J connectivity index is 2.16. The Hall–Kier alpha value is -2.02. The van der Waals surface area contributed by atoms with E-state index >= 15 is 0 Å². The summed E-state index contributed by atoms with van der Waals surface area (Å²) >= 11 is 1.40. The Kier molecular flexibility index (Phi) is 4.29. The molecule has 0 radical (unpaired) electrons. The predicted molar refractivity (Wildman–Crippen MR) is 80.7 cm³/mol. The lowest BCUT2D eigenvalue weighted by atomic mass is 10.2. The quantitative estimate of drug-likeness (QED) is 0.842. The number of hydrogen-bond acceptors (Lipinski definition) is 5. The molecule has 0 aliphatic rings. The van der Waals surface area contributed by atoms with Crippen molar-refractivity contribution in [1.82, 2.24) is 14.8 Å². The summed E-state index contributed by atoms with van der Waals surface area (Å²) in [7, 11) is 0. The summed E-state index contributed by atoms with van der Waals surface area (Å²) in [6.07, 6.45) is 1.87. The molecule has 0 spiro atoms. The van der Waals surface area contributed by atoms with Crippen LogP contribution in [0.5, 0.6) is 0 Å². The van der Waals surface area contributed by atoms with E-state index in [9.17, 15) is 4.79 Å². The van der Waals surface area contributed by atoms with Crippen LogP contribution in [0.3, 0.4) is 0 Å². The molecule has 0 unspecified atom stereocenters. The predicted octanol–water partition coefficient (Wildman–Crippen LogP) is 2.09. The van der Waals surface area contributed by atoms with Crippen molar-refractivity contribution in [2.75, 3.05) is 17.3 Å². The Morgan fingerprint density at radius 2 is 2.00 bits per heavy atom. The maximum atomic E-state index is 12.3. The van der Waals surface area contributed by atoms with E-state index in [0.717, 1.165) is 11.3 Å². The van der Waals surface area contributed by atoms with E-state index in [0.29, 0.717) is 5.16 Å². The molecule has 0 saturated carbocycles. The maximum absolute atomic E-state index is 12.3. The number of benzene rings is 1. The number of nitrogen functional groups attached to an aromatic ring is 1. The molecular weight excluding hydrogens is 274 g/mol. The number of rotatable bonds is 4. The van der Waals surface area contributed by atoms with Crippen molar-refractivity contribution < 1.29 is 4.79 Å². The molecule has 0 fully saturated rings. The Morgan fingerprint density at radius 3 is 2.60 bits per heavy atom. The number of hydrogen-bond donors (Lipinski definition) is 2. The number of aromatic nitrogens is 3. The molecular formula is C13H17N5OS. The number of anilines is 2. The fourth-order valence-corrected chi connectivity index (χ4v) is 2.36. The Morgan fingerprint density at radius 1 is 1.35 bits per heavy atom. The number of carbonyl (C=O) groups excluding carboxylic acids is 1. The summed E-state index contributed by atoms with van der Waals surface area (Å²) in [6.45, 7) is 3.76. The number of nitrogens with one attached hydrogen (secondary N) is 1. The van der Waals surface area contributed by atoms with Crippen molar-refractivity contribution in [3.8, 4) is 0 Å². The van der Waals surface area contributed by atoms with Crippen LogP contribution in [-0.2, 0) is 4.79 Å². The summed E-state index contributed by atoms with van der Waals surface area (Å²) in [6, 6.07) is 7.14. The van der Waals surface area contributed by atoms with Gasteiger partial charge in [-0.1, -0.05) is 29.5 Å². The van der Waals surface area contributed by atoms with Crippen LogP contribution < -0.4 is 11.1 Å². The first-order chi connectivity index (χ1) is 9.52. The van der Waals surface area contributed by atoms with Gasteiger partial charge in [0.05, 0.1) is 0 Å². The van der Waals surface area contributed by atoms with E-state index in [1.807, 2.05) is 37.4 Å². The molecule has 1 aromatic carbocycles. The second-order valence-corrected chi connectivity index (χ2v) is 5.22. The van der Waals surface area contributed by atoms with Crippen LogP contribution >= 0.6 is 11.8 Å². The fraction of sp³-hybridized carbons (Fsp3) is 0.308. The van der Waals surface area contributed by atoms with Gasteiger partial charge < -0.3 is 11.1 Å². The van der Waals surface area contributed by atoms with Crippen molar-refractivity contribution in [1.29, 1.82) is 0 Å². The molecule has 2 rings (SSSR count). The second-order valence-electron chi connectivity index (χ2n) is 4.45. The summed E-state index contributed by atoms with van der Waals surface area (Å²) in [5.41, 5.74) is 7.66. The zero-order valence-electron chi connectivity index (χ0n) is 11.6. The van der Waals surface area contributed by atoms with Gasteiger partial charge >= 0.3 is 0 Å². The van der Waals surface area contributed by atoms with E-state index in [2.05, 4.69) is 15.5 Å². The van der Waals surface area contributed by atoms with Gasteiger partial charge in [-0.05, 0) is 32.2 Å². The Labute approximate surface area is 121 Å². The van der Waals surface area contributed by atoms with Gasteiger partial charge in [0.1, 0.15) is 6.04 Å². The van der Waals surface area contributed by atoms with E-state index in [1.54, 1.807) is 11.5 Å². The molecule has 0 saturated heterocycles. The molecule has 0 bridgehead atoms. The van der Waals surface area contributed by atoms with Crippen molar-refractivity contribution in [2.45, 2.75) is 25.0 Å². The van der Waals surface area contributed by atoms with Crippen molar-refractivity contribution in [2.24, 2.45) is 0 Å². The van der Waals surface area contributed by atoms with Crippen LogP contribution in [-0.4, -0.2) is 26.9 Å². The summed E-state index contributed by atoms with van der Waals surface area (Å²) in [4.78, 5) is 12.3. The molecule has 0 aliphatic carbocycles. The number of nitrogens with zero attached hydrogens (tertiary/aromatic N) is 3. The summed E-state index contributed by atoms with van der Waals surface area (Å²) in [5.74, 6) is 0.0801. The van der Waals surface area contributed by atoms with Gasteiger partial charge in [-0.2, -0.15) is 0 Å². The highest BCUT2D eigenvalue weighted by molar-refractivity contribution is 7.98. The lowest BCUT2D eigenvalue weighted by Gasteiger charge is -2.16. The number of carbonyl (C=O) groups is 1. The lowest BCUT2D eigenvalue weighted by molar-refractivity contribution is -0.118. The first kappa shape index (κ1) is 14.4. The third-order valence-corrected chi connectivity index (χ3v) is 3.60. The zero-order chi connectivity index (χ0) is 14.7. The van der Waals surface area contributed by atoms with Crippen molar-refractivity contribution >= 4 is 29.3 Å². The summed E-state index contributed by atoms with van der Waals surface area (Å²) < 4.78 is 1.62. The highest BCUT2D eigenvalue weighted by Gasteiger charge is 2.21. The zero-order valence-corrected chi connectivity index (χ0v) is 12.4. The van der Waals surface area contributed by atoms with Crippen molar-refractivity contribution in [3.63, 3.8) is 0 Å². The van der Waals surface area contributed by atoms with Gasteiger partial charge in [0.15, 0.2) is 5.16 Å². The number of aryl methyl sites for hydroxylation is 1. The molecule has 1 amide bonds. The second kappa shape index (κ2) is 5.96. The third-order valence-electron chi connectivity index (χ3n) is 2.96. The van der Waals surface area contributed by atoms with Gasteiger partial charge in [0.2, 0.25) is 11.9 Å². The largest absolute Gasteiger partial charge is 0.368 e. The topological polar surface area (TPSA) is 85.8 Å². The molecule has 1 heterocycles. The van der Waals surface area contributed by atoms with Gasteiger partial charge in [0.25, 0.3) is 0 Å². The molecule has 3 N–H and O–H groups in total. The smallest absolute Gasteiger partial charge is 0.247 e. The Bertz CT molecular complexity index is 608. The van der Waals surface area contributed by atoms with E-state index in [1.165, 1.54) is 11.8 Å². The van der Waals surface area contributed by atoms with Crippen LogP contribution in [0.2, 0.25) is 0 Å². The highest BCUT2D eigenvalue weighted by Crippen LogP contribution is 2.22. The van der Waals surface area contributed by atoms with E-state index in [-0.39, 0.29) is 11.9 Å². The molecule has 1 aromatic heterocycles. The molecule has 2 aromatic rings. The fourth-order valence-electron chi connectivity index (χ4n) is 1.79. The van der Waals surface area contributed by atoms with Gasteiger partial charge in [-0.15, -0.1) is 10.2 Å². The molecule has 7 heteroatoms. The SMILES string of the molecule is CSc1nnc(N)n1[C@H](C)C(=O)Nc1ccc(C)cc1. The highest BCUT2D eigenvalue weighted by atomic mass is 32.2. The molecule has 0 aliphatic heterocycles. The van der Waals surface area contributed by atoms with Gasteiger partial charge in [0, 0.05) is 5.69 Å². The average molecular weight is 291 g/mol. The first-order valence-corrected chi connectivity index (χ1v) is 7.37. The minimum absolute atomic E-state index is 0.157. The normalized spacial score (nSPS) is 12.2. The first-order valence-electron chi connectivity index (χ1n) is 6.15. The van der Waals surface area contributed by atoms with E-state index in [4.69, 9.17) is 5.73 Å². The molecule has 6 nitrogen and oxygen atoms in total. The van der Waals surface area contributed by atoms with Crippen LogP contribution in [0.1, 0.15) is 18.5 Å². The number of nitrogens with two attached hydrogens (primary N) is 1. The third kappa shape index (κ3) is 2.93. The molecule has 106 valence electrons. The maximum Gasteiger partial charge on any atom is 0.247 e. The molecule has 20 heavy (non-hydrogen) atoms. The standard InChI is InChI=1S/C13H17N5OS/c1-8-4-6-10(7-5-8)15-11(19)9(2)18-12(14)16-17-13(18)20-3/h4-7,9H,1-3H3,(H2,14,16)(H,15,19)/t9-/m1/s1. The minimum Gasteiger partial charge on any atom is -0.368 e. The van der Waals surface area contributed by atoms with Crippen LogP contribution in [0.4, 0.5) is 11.6 Å². The van der Waals surface area contributed by atoms with Crippen LogP contribution in [0.15, 0.2) is 29.4 Å². The number of amides is 1.